The standard InChI is InChI=1S/C13H12FN3O3/c14-10-4-2-1-3-9(10)12(18)17-11(13(19)20)5-8-6-15-7-16-8/h1-4,6-7,11H,5H2,(H,15,16)(H,17,18)(H,19,20). The molecular formula is C13H12FN3O3. The van der Waals surface area contributed by atoms with Gasteiger partial charge in [0.1, 0.15) is 11.9 Å². The third-order valence-corrected chi connectivity index (χ3v) is 2.70. The van der Waals surface area contributed by atoms with E-state index in [1.54, 1.807) is 0 Å². The lowest BCUT2D eigenvalue weighted by atomic mass is 10.1. The highest BCUT2D eigenvalue weighted by Crippen LogP contribution is 2.07. The number of carboxylic acids is 1. The van der Waals surface area contributed by atoms with Gasteiger partial charge in [-0.2, -0.15) is 0 Å². The minimum atomic E-state index is -1.20. The van der Waals surface area contributed by atoms with Gasteiger partial charge in [-0.3, -0.25) is 4.79 Å². The highest BCUT2D eigenvalue weighted by Gasteiger charge is 2.22. The number of H-pyrrole nitrogens is 1. The number of hydrogen-bond donors (Lipinski definition) is 3. The molecule has 1 unspecified atom stereocenters. The zero-order chi connectivity index (χ0) is 14.5. The Hall–Kier alpha value is -2.70. The van der Waals surface area contributed by atoms with Crippen molar-refractivity contribution in [3.63, 3.8) is 0 Å². The van der Waals surface area contributed by atoms with Gasteiger partial charge < -0.3 is 15.4 Å². The van der Waals surface area contributed by atoms with Crippen molar-refractivity contribution < 1.29 is 19.1 Å². The number of benzene rings is 1. The normalized spacial score (nSPS) is 11.8. The van der Waals surface area contributed by atoms with E-state index < -0.39 is 23.7 Å². The van der Waals surface area contributed by atoms with E-state index in [1.807, 2.05) is 0 Å². The number of imidazole rings is 1. The van der Waals surface area contributed by atoms with Gasteiger partial charge in [-0.25, -0.2) is 14.2 Å². The van der Waals surface area contributed by atoms with Crippen molar-refractivity contribution in [2.75, 3.05) is 0 Å². The first-order chi connectivity index (χ1) is 9.58. The Morgan fingerprint density at radius 2 is 2.15 bits per heavy atom. The third kappa shape index (κ3) is 3.19. The monoisotopic (exact) mass is 277 g/mol. The maximum atomic E-state index is 13.4. The van der Waals surface area contributed by atoms with Gasteiger partial charge in [-0.05, 0) is 12.1 Å². The van der Waals surface area contributed by atoms with Crippen molar-refractivity contribution in [1.29, 1.82) is 0 Å². The number of nitrogens with one attached hydrogen (secondary N) is 2. The molecule has 3 N–H and O–H groups in total. The van der Waals surface area contributed by atoms with Gasteiger partial charge in [-0.1, -0.05) is 12.1 Å². The molecule has 0 aliphatic rings. The van der Waals surface area contributed by atoms with E-state index in [0.29, 0.717) is 5.69 Å². The van der Waals surface area contributed by atoms with Gasteiger partial charge in [0, 0.05) is 18.3 Å². The summed E-state index contributed by atoms with van der Waals surface area (Å²) >= 11 is 0. The highest BCUT2D eigenvalue weighted by atomic mass is 19.1. The molecule has 1 aromatic carbocycles. The molecule has 1 atom stereocenters. The maximum absolute atomic E-state index is 13.4. The molecule has 20 heavy (non-hydrogen) atoms. The zero-order valence-electron chi connectivity index (χ0n) is 10.3. The van der Waals surface area contributed by atoms with Crippen LogP contribution in [0.15, 0.2) is 36.8 Å². The predicted molar refractivity (Wildman–Crippen MR) is 67.6 cm³/mol. The second-order valence-corrected chi connectivity index (χ2v) is 4.13. The summed E-state index contributed by atoms with van der Waals surface area (Å²) in [6.07, 6.45) is 2.91. The van der Waals surface area contributed by atoms with Gasteiger partial charge >= 0.3 is 5.97 Å². The van der Waals surface area contributed by atoms with E-state index in [0.717, 1.165) is 6.07 Å². The summed E-state index contributed by atoms with van der Waals surface area (Å²) < 4.78 is 13.4. The fourth-order valence-corrected chi connectivity index (χ4v) is 1.70. The Labute approximate surface area is 113 Å². The fraction of sp³-hybridized carbons (Fsp3) is 0.154. The van der Waals surface area contributed by atoms with Crippen molar-refractivity contribution in [2.24, 2.45) is 0 Å². The van der Waals surface area contributed by atoms with E-state index in [1.165, 1.54) is 30.7 Å². The third-order valence-electron chi connectivity index (χ3n) is 2.70. The number of nitrogens with zero attached hydrogens (tertiary/aromatic N) is 1. The predicted octanol–water partition coefficient (Wildman–Crippen LogP) is 0.974. The number of carbonyl (C=O) groups excluding carboxylic acids is 1. The molecule has 0 fully saturated rings. The van der Waals surface area contributed by atoms with Crippen molar-refractivity contribution in [3.05, 3.63) is 53.9 Å². The summed E-state index contributed by atoms with van der Waals surface area (Å²) in [5.74, 6) is -2.67. The molecular weight excluding hydrogens is 265 g/mol. The van der Waals surface area contributed by atoms with Crippen LogP contribution in [-0.2, 0) is 11.2 Å². The number of rotatable bonds is 5. The molecule has 0 bridgehead atoms. The number of aromatic amines is 1. The van der Waals surface area contributed by atoms with E-state index in [9.17, 15) is 14.0 Å². The van der Waals surface area contributed by atoms with Crippen molar-refractivity contribution >= 4 is 11.9 Å². The summed E-state index contributed by atoms with van der Waals surface area (Å²) in [4.78, 5) is 29.5. The second kappa shape index (κ2) is 5.96. The molecule has 0 radical (unpaired) electrons. The van der Waals surface area contributed by atoms with Crippen LogP contribution in [0, 0.1) is 5.82 Å². The Balaban J connectivity index is 2.10. The molecule has 7 heteroatoms. The average Bonchev–Trinajstić information content (AvgIpc) is 2.91. The molecule has 6 nitrogen and oxygen atoms in total. The van der Waals surface area contributed by atoms with Crippen LogP contribution in [-0.4, -0.2) is 33.0 Å². The summed E-state index contributed by atoms with van der Waals surface area (Å²) in [6, 6.07) is 4.22. The number of hydrogen-bond acceptors (Lipinski definition) is 3. The van der Waals surface area contributed by atoms with Crippen LogP contribution in [0.3, 0.4) is 0 Å². The lowest BCUT2D eigenvalue weighted by Gasteiger charge is -2.13. The van der Waals surface area contributed by atoms with Crippen molar-refractivity contribution in [2.45, 2.75) is 12.5 Å². The summed E-state index contributed by atoms with van der Waals surface area (Å²) in [5.41, 5.74) is 0.370. The number of carbonyl (C=O) groups is 2. The largest absolute Gasteiger partial charge is 0.480 e. The van der Waals surface area contributed by atoms with Crippen LogP contribution in [0.25, 0.3) is 0 Å². The molecule has 1 amide bonds. The smallest absolute Gasteiger partial charge is 0.326 e. The van der Waals surface area contributed by atoms with Crippen molar-refractivity contribution in [3.8, 4) is 0 Å². The summed E-state index contributed by atoms with van der Waals surface area (Å²) in [7, 11) is 0. The topological polar surface area (TPSA) is 95.1 Å². The quantitative estimate of drug-likeness (QED) is 0.759. The maximum Gasteiger partial charge on any atom is 0.326 e. The van der Waals surface area contributed by atoms with E-state index in [2.05, 4.69) is 15.3 Å². The molecule has 2 rings (SSSR count). The molecule has 1 aromatic heterocycles. The highest BCUT2D eigenvalue weighted by molar-refractivity contribution is 5.96. The zero-order valence-corrected chi connectivity index (χ0v) is 10.3. The van der Waals surface area contributed by atoms with Crippen LogP contribution >= 0.6 is 0 Å². The molecule has 0 saturated heterocycles. The number of amides is 1. The van der Waals surface area contributed by atoms with Gasteiger partial charge in [0.15, 0.2) is 0 Å². The van der Waals surface area contributed by atoms with Crippen LogP contribution in [0.2, 0.25) is 0 Å². The first kappa shape index (κ1) is 13.7. The minimum absolute atomic E-state index is 0.0372. The number of aromatic nitrogens is 2. The Bertz CT molecular complexity index is 613. The van der Waals surface area contributed by atoms with Crippen molar-refractivity contribution in [1.82, 2.24) is 15.3 Å². The Morgan fingerprint density at radius 1 is 1.40 bits per heavy atom. The minimum Gasteiger partial charge on any atom is -0.480 e. The first-order valence-electron chi connectivity index (χ1n) is 5.83. The SMILES string of the molecule is O=C(NC(Cc1cnc[nH]1)C(=O)O)c1ccccc1F. The molecule has 0 spiro atoms. The van der Waals surface area contributed by atoms with Crippen LogP contribution < -0.4 is 5.32 Å². The Morgan fingerprint density at radius 3 is 2.75 bits per heavy atom. The number of aliphatic carboxylic acids is 1. The molecule has 0 aliphatic carbocycles. The number of halogens is 1. The van der Waals surface area contributed by atoms with E-state index in [-0.39, 0.29) is 12.0 Å². The molecule has 104 valence electrons. The van der Waals surface area contributed by atoms with Crippen LogP contribution in [0.4, 0.5) is 4.39 Å². The lowest BCUT2D eigenvalue weighted by Crippen LogP contribution is -2.42. The fourth-order valence-electron chi connectivity index (χ4n) is 1.70. The van der Waals surface area contributed by atoms with Crippen LogP contribution in [0.1, 0.15) is 16.1 Å². The van der Waals surface area contributed by atoms with Gasteiger partial charge in [0.05, 0.1) is 11.9 Å². The molecule has 1 heterocycles. The molecule has 2 aromatic rings. The van der Waals surface area contributed by atoms with E-state index >= 15 is 0 Å². The number of carboxylic acid groups (broad SMARTS) is 1. The Kier molecular flexibility index (Phi) is 4.09. The summed E-state index contributed by atoms with van der Waals surface area (Å²) in [6.45, 7) is 0. The molecule has 0 aliphatic heterocycles. The molecule has 0 saturated carbocycles. The van der Waals surface area contributed by atoms with Crippen LogP contribution in [0.5, 0.6) is 0 Å². The van der Waals surface area contributed by atoms with Gasteiger partial charge in [0.2, 0.25) is 0 Å². The average molecular weight is 277 g/mol. The van der Waals surface area contributed by atoms with Gasteiger partial charge in [0.25, 0.3) is 5.91 Å². The van der Waals surface area contributed by atoms with E-state index in [4.69, 9.17) is 5.11 Å². The summed E-state index contributed by atoms with van der Waals surface area (Å²) in [5, 5.41) is 11.4. The first-order valence-corrected chi connectivity index (χ1v) is 5.83. The second-order valence-electron chi connectivity index (χ2n) is 4.13. The lowest BCUT2D eigenvalue weighted by molar-refractivity contribution is -0.139. The van der Waals surface area contributed by atoms with Gasteiger partial charge in [-0.15, -0.1) is 0 Å².